The molecule has 1 amide bonds. The number of hydrogen-bond donors (Lipinski definition) is 1. The summed E-state index contributed by atoms with van der Waals surface area (Å²) in [5.74, 6) is 0.0279. The van der Waals surface area contributed by atoms with Crippen LogP contribution in [0, 0.1) is 0 Å². The Morgan fingerprint density at radius 2 is 2.00 bits per heavy atom. The van der Waals surface area contributed by atoms with Crippen LogP contribution in [0.3, 0.4) is 0 Å². The smallest absolute Gasteiger partial charge is 0.252 e. The monoisotopic (exact) mass is 223 g/mol. The highest BCUT2D eigenvalue weighted by Crippen LogP contribution is 2.16. The number of nitrogens with two attached hydrogens (primary N) is 1. The van der Waals surface area contributed by atoms with Crippen LogP contribution in [0.5, 0.6) is 5.75 Å². The minimum atomic E-state index is -0.481. The van der Waals surface area contributed by atoms with Crippen molar-refractivity contribution in [1.82, 2.24) is 0 Å². The number of ether oxygens (including phenoxy) is 2. The third-order valence-electron chi connectivity index (χ3n) is 1.99. The molecule has 88 valence electrons. The van der Waals surface area contributed by atoms with Crippen molar-refractivity contribution in [1.29, 1.82) is 0 Å². The number of primary amides is 1. The molecule has 0 radical (unpaired) electrons. The maximum atomic E-state index is 11.1. The van der Waals surface area contributed by atoms with Gasteiger partial charge < -0.3 is 15.2 Å². The second-order valence-electron chi connectivity index (χ2n) is 3.32. The Bertz CT molecular complexity index is 339. The summed E-state index contributed by atoms with van der Waals surface area (Å²) < 4.78 is 10.7. The molecule has 0 aliphatic heterocycles. The minimum Gasteiger partial charge on any atom is -0.490 e. The lowest BCUT2D eigenvalue weighted by Crippen LogP contribution is -2.14. The highest BCUT2D eigenvalue weighted by molar-refractivity contribution is 5.95. The van der Waals surface area contributed by atoms with Crippen molar-refractivity contribution < 1.29 is 14.3 Å². The molecule has 0 saturated carbocycles. The van der Waals surface area contributed by atoms with Crippen molar-refractivity contribution in [2.45, 2.75) is 13.3 Å². The Labute approximate surface area is 95.3 Å². The molecule has 0 bridgehead atoms. The van der Waals surface area contributed by atoms with E-state index in [-0.39, 0.29) is 0 Å². The first-order valence-electron chi connectivity index (χ1n) is 5.35. The lowest BCUT2D eigenvalue weighted by molar-refractivity contribution is 0.0956. The molecule has 0 atom stereocenters. The SMILES string of the molecule is CCCOCCOc1ccccc1C(N)=O. The van der Waals surface area contributed by atoms with E-state index in [2.05, 4.69) is 0 Å². The standard InChI is InChI=1S/C12H17NO3/c1-2-7-15-8-9-16-11-6-4-3-5-10(11)12(13)14/h3-6H,2,7-9H2,1H3,(H2,13,14). The van der Waals surface area contributed by atoms with Gasteiger partial charge in [-0.2, -0.15) is 0 Å². The van der Waals surface area contributed by atoms with Crippen LogP contribution in [0.25, 0.3) is 0 Å². The van der Waals surface area contributed by atoms with Crippen LogP contribution < -0.4 is 10.5 Å². The Balaban J connectivity index is 2.44. The number of hydrogen-bond acceptors (Lipinski definition) is 3. The van der Waals surface area contributed by atoms with Gasteiger partial charge in [-0.1, -0.05) is 19.1 Å². The molecule has 1 aromatic rings. The van der Waals surface area contributed by atoms with E-state index in [1.54, 1.807) is 24.3 Å². The summed E-state index contributed by atoms with van der Waals surface area (Å²) in [4.78, 5) is 11.1. The number of para-hydroxylation sites is 1. The number of carbonyl (C=O) groups is 1. The van der Waals surface area contributed by atoms with Gasteiger partial charge in [0, 0.05) is 6.61 Å². The van der Waals surface area contributed by atoms with Crippen LogP contribution in [0.2, 0.25) is 0 Å². The Morgan fingerprint density at radius 3 is 2.69 bits per heavy atom. The summed E-state index contributed by atoms with van der Waals surface area (Å²) in [5, 5.41) is 0. The highest BCUT2D eigenvalue weighted by Gasteiger charge is 2.07. The molecular weight excluding hydrogens is 206 g/mol. The molecule has 0 fully saturated rings. The highest BCUT2D eigenvalue weighted by atomic mass is 16.5. The maximum absolute atomic E-state index is 11.1. The van der Waals surface area contributed by atoms with Crippen molar-refractivity contribution in [2.24, 2.45) is 5.73 Å². The van der Waals surface area contributed by atoms with Crippen molar-refractivity contribution in [3.63, 3.8) is 0 Å². The average molecular weight is 223 g/mol. The van der Waals surface area contributed by atoms with Gasteiger partial charge in [0.15, 0.2) is 0 Å². The first-order valence-corrected chi connectivity index (χ1v) is 5.35. The van der Waals surface area contributed by atoms with Gasteiger partial charge in [-0.3, -0.25) is 4.79 Å². The summed E-state index contributed by atoms with van der Waals surface area (Å²) in [6, 6.07) is 6.92. The van der Waals surface area contributed by atoms with Gasteiger partial charge in [-0.05, 0) is 18.6 Å². The van der Waals surface area contributed by atoms with Crippen molar-refractivity contribution in [2.75, 3.05) is 19.8 Å². The Hall–Kier alpha value is -1.55. The van der Waals surface area contributed by atoms with E-state index in [1.807, 2.05) is 6.92 Å². The molecule has 0 aliphatic carbocycles. The third kappa shape index (κ3) is 3.90. The maximum Gasteiger partial charge on any atom is 0.252 e. The minimum absolute atomic E-state index is 0.401. The lowest BCUT2D eigenvalue weighted by Gasteiger charge is -2.09. The zero-order chi connectivity index (χ0) is 11.8. The van der Waals surface area contributed by atoms with E-state index in [9.17, 15) is 4.79 Å². The van der Waals surface area contributed by atoms with Gasteiger partial charge in [0.1, 0.15) is 12.4 Å². The molecule has 0 saturated heterocycles. The van der Waals surface area contributed by atoms with E-state index < -0.39 is 5.91 Å². The van der Waals surface area contributed by atoms with Gasteiger partial charge in [0.25, 0.3) is 5.91 Å². The first-order chi connectivity index (χ1) is 7.75. The van der Waals surface area contributed by atoms with Gasteiger partial charge in [0.2, 0.25) is 0 Å². The van der Waals surface area contributed by atoms with E-state index >= 15 is 0 Å². The van der Waals surface area contributed by atoms with E-state index in [1.165, 1.54) is 0 Å². The summed E-state index contributed by atoms with van der Waals surface area (Å²) in [7, 11) is 0. The predicted octanol–water partition coefficient (Wildman–Crippen LogP) is 1.59. The Morgan fingerprint density at radius 1 is 1.25 bits per heavy atom. The van der Waals surface area contributed by atoms with E-state index in [4.69, 9.17) is 15.2 Å². The van der Waals surface area contributed by atoms with Gasteiger partial charge in [-0.25, -0.2) is 0 Å². The number of carbonyl (C=O) groups excluding carboxylic acids is 1. The van der Waals surface area contributed by atoms with Crippen molar-refractivity contribution in [3.8, 4) is 5.75 Å². The van der Waals surface area contributed by atoms with Crippen LogP contribution >= 0.6 is 0 Å². The van der Waals surface area contributed by atoms with Gasteiger partial charge in [0.05, 0.1) is 12.2 Å². The quantitative estimate of drug-likeness (QED) is 0.714. The van der Waals surface area contributed by atoms with Crippen LogP contribution in [0.15, 0.2) is 24.3 Å². The van der Waals surface area contributed by atoms with Crippen molar-refractivity contribution >= 4 is 5.91 Å². The molecule has 4 nitrogen and oxygen atoms in total. The van der Waals surface area contributed by atoms with Crippen LogP contribution in [-0.2, 0) is 4.74 Å². The van der Waals surface area contributed by atoms with E-state index in [0.717, 1.165) is 13.0 Å². The van der Waals surface area contributed by atoms with Crippen LogP contribution in [0.1, 0.15) is 23.7 Å². The lowest BCUT2D eigenvalue weighted by atomic mass is 10.2. The second-order valence-corrected chi connectivity index (χ2v) is 3.32. The fraction of sp³-hybridized carbons (Fsp3) is 0.417. The first kappa shape index (κ1) is 12.5. The molecule has 1 rings (SSSR count). The number of benzene rings is 1. The molecule has 1 aromatic carbocycles. The molecule has 16 heavy (non-hydrogen) atoms. The largest absolute Gasteiger partial charge is 0.490 e. The van der Waals surface area contributed by atoms with Crippen molar-refractivity contribution in [3.05, 3.63) is 29.8 Å². The topological polar surface area (TPSA) is 61.6 Å². The molecule has 4 heteroatoms. The molecular formula is C12H17NO3. The van der Waals surface area contributed by atoms with Gasteiger partial charge in [-0.15, -0.1) is 0 Å². The van der Waals surface area contributed by atoms with Crippen LogP contribution in [-0.4, -0.2) is 25.7 Å². The number of rotatable bonds is 7. The summed E-state index contributed by atoms with van der Waals surface area (Å²) >= 11 is 0. The zero-order valence-electron chi connectivity index (χ0n) is 9.44. The average Bonchev–Trinajstić information content (AvgIpc) is 2.29. The molecule has 2 N–H and O–H groups in total. The molecule has 0 aromatic heterocycles. The molecule has 0 unspecified atom stereocenters. The van der Waals surface area contributed by atoms with E-state index in [0.29, 0.717) is 24.5 Å². The molecule has 0 heterocycles. The second kappa shape index (κ2) is 6.85. The fourth-order valence-corrected chi connectivity index (χ4v) is 1.25. The summed E-state index contributed by atoms with van der Waals surface area (Å²) in [5.41, 5.74) is 5.62. The summed E-state index contributed by atoms with van der Waals surface area (Å²) in [6.45, 7) is 3.70. The third-order valence-corrected chi connectivity index (χ3v) is 1.99. The normalized spacial score (nSPS) is 10.1. The van der Waals surface area contributed by atoms with Crippen LogP contribution in [0.4, 0.5) is 0 Å². The predicted molar refractivity (Wildman–Crippen MR) is 61.6 cm³/mol. The number of amides is 1. The fourth-order valence-electron chi connectivity index (χ4n) is 1.25. The summed E-state index contributed by atoms with van der Waals surface area (Å²) in [6.07, 6.45) is 0.984. The van der Waals surface area contributed by atoms with Gasteiger partial charge >= 0.3 is 0 Å². The zero-order valence-corrected chi connectivity index (χ0v) is 9.44. The molecule has 0 spiro atoms. The Kier molecular flexibility index (Phi) is 5.36. The molecule has 0 aliphatic rings.